The molecule has 0 aliphatic carbocycles. The number of phenolic OH excluding ortho intramolecular Hbond substituents is 1. The molecule has 0 bridgehead atoms. The number of hydrogen-bond donors (Lipinski definition) is 2. The summed E-state index contributed by atoms with van der Waals surface area (Å²) in [7, 11) is 0. The molecule has 152 valence electrons. The van der Waals surface area contributed by atoms with Gasteiger partial charge in [-0.3, -0.25) is 9.69 Å². The number of phenols is 1. The maximum atomic E-state index is 13.2. The molecule has 1 fully saturated rings. The summed E-state index contributed by atoms with van der Waals surface area (Å²) in [6.07, 6.45) is 0. The zero-order valence-corrected chi connectivity index (χ0v) is 16.9. The van der Waals surface area contributed by atoms with Crippen LogP contribution in [-0.2, 0) is 6.54 Å². The predicted molar refractivity (Wildman–Crippen MR) is 111 cm³/mol. The molecule has 1 aromatic heterocycles. The molecular weight excluding hydrogens is 369 g/mol. The molecule has 1 aliphatic heterocycles. The quantitative estimate of drug-likeness (QED) is 0.703. The minimum absolute atomic E-state index is 0.0286. The summed E-state index contributed by atoms with van der Waals surface area (Å²) >= 11 is 0. The third kappa shape index (κ3) is 3.85. The highest BCUT2D eigenvalue weighted by Crippen LogP contribution is 2.26. The van der Waals surface area contributed by atoms with Crippen LogP contribution in [0.25, 0.3) is 10.9 Å². The molecular formula is C23H26FN3O2. The number of benzene rings is 2. The molecule has 2 unspecified atom stereocenters. The standard InChI is InChI=1S/C23H26FN3O2/c1-14-8-20-18(10-22(14)28)9-21(25-20)23(29)27-12-15(2)26(11-16(27)3)13-17-4-6-19(24)7-5-17/h4-10,15-16,25,28H,11-13H2,1-3H3. The number of amides is 1. The summed E-state index contributed by atoms with van der Waals surface area (Å²) in [4.78, 5) is 20.6. The lowest BCUT2D eigenvalue weighted by molar-refractivity contribution is 0.0287. The van der Waals surface area contributed by atoms with Crippen molar-refractivity contribution in [3.63, 3.8) is 0 Å². The van der Waals surface area contributed by atoms with Gasteiger partial charge in [-0.1, -0.05) is 12.1 Å². The van der Waals surface area contributed by atoms with Gasteiger partial charge in [0.05, 0.1) is 0 Å². The fourth-order valence-electron chi connectivity index (χ4n) is 4.07. The molecule has 29 heavy (non-hydrogen) atoms. The number of fused-ring (bicyclic) bond motifs is 1. The molecule has 5 nitrogen and oxygen atoms in total. The minimum Gasteiger partial charge on any atom is -0.508 e. The van der Waals surface area contributed by atoms with E-state index < -0.39 is 0 Å². The van der Waals surface area contributed by atoms with Gasteiger partial charge in [0.1, 0.15) is 17.3 Å². The number of carbonyl (C=O) groups excluding carboxylic acids is 1. The lowest BCUT2D eigenvalue weighted by atomic mass is 10.1. The zero-order valence-electron chi connectivity index (χ0n) is 16.9. The molecule has 0 radical (unpaired) electrons. The van der Waals surface area contributed by atoms with Gasteiger partial charge in [0, 0.05) is 42.6 Å². The lowest BCUT2D eigenvalue weighted by Gasteiger charge is -2.44. The number of aryl methyl sites for hydroxylation is 1. The van der Waals surface area contributed by atoms with Crippen LogP contribution in [0.15, 0.2) is 42.5 Å². The lowest BCUT2D eigenvalue weighted by Crippen LogP contribution is -2.57. The predicted octanol–water partition coefficient (Wildman–Crippen LogP) is 4.06. The first-order valence-corrected chi connectivity index (χ1v) is 9.93. The summed E-state index contributed by atoms with van der Waals surface area (Å²) < 4.78 is 13.2. The van der Waals surface area contributed by atoms with E-state index in [1.165, 1.54) is 12.1 Å². The number of halogens is 1. The summed E-state index contributed by atoms with van der Waals surface area (Å²) in [6, 6.07) is 12.2. The van der Waals surface area contributed by atoms with Gasteiger partial charge >= 0.3 is 0 Å². The van der Waals surface area contributed by atoms with E-state index in [1.54, 1.807) is 12.1 Å². The maximum Gasteiger partial charge on any atom is 0.270 e. The van der Waals surface area contributed by atoms with Crippen LogP contribution >= 0.6 is 0 Å². The van der Waals surface area contributed by atoms with Gasteiger partial charge in [-0.2, -0.15) is 0 Å². The molecule has 3 aromatic rings. The third-order valence-corrected chi connectivity index (χ3v) is 5.84. The molecule has 6 heteroatoms. The molecule has 2 aromatic carbocycles. The number of piperazine rings is 1. The van der Waals surface area contributed by atoms with E-state index in [-0.39, 0.29) is 29.6 Å². The Morgan fingerprint density at radius 1 is 1.14 bits per heavy atom. The van der Waals surface area contributed by atoms with Gasteiger partial charge in [-0.05, 0) is 62.2 Å². The van der Waals surface area contributed by atoms with E-state index >= 15 is 0 Å². The molecule has 4 rings (SSSR count). The normalized spacial score (nSPS) is 20.3. The molecule has 2 heterocycles. The van der Waals surface area contributed by atoms with Crippen molar-refractivity contribution in [3.8, 4) is 5.75 Å². The van der Waals surface area contributed by atoms with Crippen LogP contribution in [0, 0.1) is 12.7 Å². The molecule has 0 spiro atoms. The van der Waals surface area contributed by atoms with Crippen LogP contribution in [0.4, 0.5) is 4.39 Å². The molecule has 2 atom stereocenters. The zero-order chi connectivity index (χ0) is 20.7. The monoisotopic (exact) mass is 395 g/mol. The fourth-order valence-corrected chi connectivity index (χ4v) is 4.07. The first-order chi connectivity index (χ1) is 13.8. The van der Waals surface area contributed by atoms with Crippen molar-refractivity contribution in [2.24, 2.45) is 0 Å². The van der Waals surface area contributed by atoms with Crippen molar-refractivity contribution in [1.29, 1.82) is 0 Å². The van der Waals surface area contributed by atoms with E-state index in [0.29, 0.717) is 12.2 Å². The number of aromatic hydroxyl groups is 1. The fraction of sp³-hybridized carbons (Fsp3) is 0.348. The number of H-pyrrole nitrogens is 1. The number of aromatic nitrogens is 1. The Balaban J connectivity index is 1.49. The van der Waals surface area contributed by atoms with Gasteiger partial charge in [0.25, 0.3) is 5.91 Å². The molecule has 1 saturated heterocycles. The Hall–Kier alpha value is -2.86. The highest BCUT2D eigenvalue weighted by molar-refractivity contribution is 5.98. The molecule has 0 saturated carbocycles. The van der Waals surface area contributed by atoms with Crippen molar-refractivity contribution in [2.75, 3.05) is 13.1 Å². The summed E-state index contributed by atoms with van der Waals surface area (Å²) in [5, 5.41) is 10.7. The Bertz CT molecular complexity index is 1010. The maximum absolute atomic E-state index is 13.2. The second-order valence-electron chi connectivity index (χ2n) is 8.12. The van der Waals surface area contributed by atoms with Crippen molar-refractivity contribution in [2.45, 2.75) is 39.4 Å². The van der Waals surface area contributed by atoms with Crippen LogP contribution in [-0.4, -0.2) is 51.0 Å². The van der Waals surface area contributed by atoms with E-state index in [0.717, 1.165) is 35.1 Å². The second kappa shape index (κ2) is 7.52. The summed E-state index contributed by atoms with van der Waals surface area (Å²) in [6.45, 7) is 8.12. The Morgan fingerprint density at radius 2 is 1.86 bits per heavy atom. The molecule has 1 amide bonds. The van der Waals surface area contributed by atoms with E-state index in [9.17, 15) is 14.3 Å². The first-order valence-electron chi connectivity index (χ1n) is 9.93. The Kier molecular flexibility index (Phi) is 5.04. The van der Waals surface area contributed by atoms with Crippen LogP contribution in [0.5, 0.6) is 5.75 Å². The van der Waals surface area contributed by atoms with Gasteiger partial charge in [0.15, 0.2) is 0 Å². The van der Waals surface area contributed by atoms with Crippen molar-refractivity contribution < 1.29 is 14.3 Å². The number of nitrogens with zero attached hydrogens (tertiary/aromatic N) is 2. The van der Waals surface area contributed by atoms with Crippen LogP contribution in [0.2, 0.25) is 0 Å². The Labute approximate surface area is 169 Å². The average molecular weight is 395 g/mol. The van der Waals surface area contributed by atoms with Crippen molar-refractivity contribution in [3.05, 3.63) is 65.1 Å². The van der Waals surface area contributed by atoms with Crippen molar-refractivity contribution >= 4 is 16.8 Å². The highest BCUT2D eigenvalue weighted by Gasteiger charge is 2.33. The third-order valence-electron chi connectivity index (χ3n) is 5.84. The molecule has 1 aliphatic rings. The number of nitrogens with one attached hydrogen (secondary N) is 1. The van der Waals surface area contributed by atoms with Gasteiger partial charge < -0.3 is 15.0 Å². The number of carbonyl (C=O) groups is 1. The van der Waals surface area contributed by atoms with E-state index in [1.807, 2.05) is 30.0 Å². The average Bonchev–Trinajstić information content (AvgIpc) is 3.08. The second-order valence-corrected chi connectivity index (χ2v) is 8.12. The number of hydrogen-bond acceptors (Lipinski definition) is 3. The van der Waals surface area contributed by atoms with Crippen LogP contribution in [0.1, 0.15) is 35.5 Å². The van der Waals surface area contributed by atoms with Gasteiger partial charge in [-0.15, -0.1) is 0 Å². The molecule has 2 N–H and O–H groups in total. The largest absolute Gasteiger partial charge is 0.508 e. The summed E-state index contributed by atoms with van der Waals surface area (Å²) in [5.74, 6) is -0.0292. The summed E-state index contributed by atoms with van der Waals surface area (Å²) in [5.41, 5.74) is 3.22. The highest BCUT2D eigenvalue weighted by atomic mass is 19.1. The van der Waals surface area contributed by atoms with Crippen LogP contribution in [0.3, 0.4) is 0 Å². The van der Waals surface area contributed by atoms with Crippen LogP contribution < -0.4 is 0 Å². The minimum atomic E-state index is -0.229. The first kappa shape index (κ1) is 19.5. The smallest absolute Gasteiger partial charge is 0.270 e. The topological polar surface area (TPSA) is 59.6 Å². The van der Waals surface area contributed by atoms with Gasteiger partial charge in [0.2, 0.25) is 0 Å². The van der Waals surface area contributed by atoms with Crippen molar-refractivity contribution in [1.82, 2.24) is 14.8 Å². The SMILES string of the molecule is Cc1cc2[nH]c(C(=O)N3CC(C)N(Cc4ccc(F)cc4)CC3C)cc2cc1O. The Morgan fingerprint density at radius 3 is 2.59 bits per heavy atom. The number of rotatable bonds is 3. The van der Waals surface area contributed by atoms with Gasteiger partial charge in [-0.25, -0.2) is 4.39 Å². The van der Waals surface area contributed by atoms with E-state index in [4.69, 9.17) is 0 Å². The number of aromatic amines is 1. The van der Waals surface area contributed by atoms with E-state index in [2.05, 4.69) is 23.7 Å².